The van der Waals surface area contributed by atoms with Crippen LogP contribution in [0.4, 0.5) is 0 Å². The number of hydrogen-bond donors (Lipinski definition) is 0. The molecule has 12 heavy (non-hydrogen) atoms. The van der Waals surface area contributed by atoms with Crippen molar-refractivity contribution in [1.29, 1.82) is 0 Å². The molecule has 1 aliphatic rings. The highest BCUT2D eigenvalue weighted by molar-refractivity contribution is 6.36. The summed E-state index contributed by atoms with van der Waals surface area (Å²) in [5.41, 5.74) is 1.37. The van der Waals surface area contributed by atoms with Crippen LogP contribution in [0.2, 0.25) is 0 Å². The third-order valence-electron chi connectivity index (χ3n) is 1.91. The molecule has 1 rings (SSSR count). The van der Waals surface area contributed by atoms with E-state index >= 15 is 0 Å². The fourth-order valence-corrected chi connectivity index (χ4v) is 1.45. The van der Waals surface area contributed by atoms with Crippen LogP contribution in [0.25, 0.3) is 0 Å². The normalized spacial score (nSPS) is 21.5. The van der Waals surface area contributed by atoms with Crippen molar-refractivity contribution in [2.24, 2.45) is 0 Å². The summed E-state index contributed by atoms with van der Waals surface area (Å²) < 4.78 is 0. The molecule has 0 aromatic carbocycles. The van der Waals surface area contributed by atoms with Gasteiger partial charge in [-0.15, -0.1) is 0 Å². The third-order valence-corrected chi connectivity index (χ3v) is 2.51. The molecule has 0 bridgehead atoms. The lowest BCUT2D eigenvalue weighted by Gasteiger charge is -2.24. The van der Waals surface area contributed by atoms with E-state index in [9.17, 15) is 4.79 Å². The van der Waals surface area contributed by atoms with Crippen LogP contribution < -0.4 is 0 Å². The van der Waals surface area contributed by atoms with Crippen LogP contribution in [0.15, 0.2) is 10.6 Å². The lowest BCUT2D eigenvalue weighted by atomic mass is 10.1. The molecule has 0 aromatic heterocycles. The first-order valence-electron chi connectivity index (χ1n) is 3.91. The number of likely N-dealkylation sites (tertiary alicyclic amines) is 1. The predicted octanol–water partition coefficient (Wildman–Crippen LogP) is 1.97. The molecule has 0 atom stereocenters. The van der Waals surface area contributed by atoms with Gasteiger partial charge in [0, 0.05) is 43.0 Å². The maximum Gasteiger partial charge on any atom is 0.135 e. The highest BCUT2D eigenvalue weighted by atomic mass is 35.5. The van der Waals surface area contributed by atoms with Crippen molar-refractivity contribution in [2.75, 3.05) is 19.6 Å². The monoisotopic (exact) mass is 207 g/mol. The van der Waals surface area contributed by atoms with Crippen molar-refractivity contribution in [3.05, 3.63) is 10.6 Å². The standard InChI is InChI=1S/C8H11Cl2NO/c9-5-7(10)6-11-3-1-8(12)2-4-11/h5H,1-4,6H2/b7-5+. The second-order valence-electron chi connectivity index (χ2n) is 2.87. The summed E-state index contributed by atoms with van der Waals surface area (Å²) in [5.74, 6) is 0.345. The van der Waals surface area contributed by atoms with Crippen LogP contribution in [0.1, 0.15) is 12.8 Å². The minimum absolute atomic E-state index is 0.345. The Morgan fingerprint density at radius 1 is 1.50 bits per heavy atom. The molecule has 0 saturated carbocycles. The van der Waals surface area contributed by atoms with Crippen LogP contribution in [-0.4, -0.2) is 30.3 Å². The molecular weight excluding hydrogens is 197 g/mol. The second-order valence-corrected chi connectivity index (χ2v) is 3.57. The highest BCUT2D eigenvalue weighted by Crippen LogP contribution is 2.11. The SMILES string of the molecule is O=C1CCN(C/C(Cl)=C\Cl)CC1. The van der Waals surface area contributed by atoms with E-state index in [1.54, 1.807) is 0 Å². The molecule has 1 aliphatic heterocycles. The molecule has 0 N–H and O–H groups in total. The summed E-state index contributed by atoms with van der Waals surface area (Å²) in [7, 11) is 0. The van der Waals surface area contributed by atoms with E-state index in [2.05, 4.69) is 4.90 Å². The van der Waals surface area contributed by atoms with Gasteiger partial charge in [-0.05, 0) is 0 Å². The van der Waals surface area contributed by atoms with E-state index < -0.39 is 0 Å². The van der Waals surface area contributed by atoms with Crippen molar-refractivity contribution in [2.45, 2.75) is 12.8 Å². The first-order chi connectivity index (χ1) is 5.72. The topological polar surface area (TPSA) is 20.3 Å². The number of rotatable bonds is 2. The lowest BCUT2D eigenvalue weighted by molar-refractivity contribution is -0.121. The summed E-state index contributed by atoms with van der Waals surface area (Å²) in [6.45, 7) is 2.28. The molecule has 1 heterocycles. The number of carbonyl (C=O) groups excluding carboxylic acids is 1. The zero-order chi connectivity index (χ0) is 8.97. The van der Waals surface area contributed by atoms with Gasteiger partial charge in [0.05, 0.1) is 0 Å². The third kappa shape index (κ3) is 3.13. The van der Waals surface area contributed by atoms with E-state index in [1.807, 2.05) is 0 Å². The molecule has 0 unspecified atom stereocenters. The number of halogens is 2. The van der Waals surface area contributed by atoms with Crippen LogP contribution in [0, 0.1) is 0 Å². The first-order valence-corrected chi connectivity index (χ1v) is 4.72. The predicted molar refractivity (Wildman–Crippen MR) is 50.5 cm³/mol. The summed E-state index contributed by atoms with van der Waals surface area (Å²) in [6, 6.07) is 0. The van der Waals surface area contributed by atoms with Gasteiger partial charge in [0.25, 0.3) is 0 Å². The number of piperidine rings is 1. The Bertz CT molecular complexity index is 193. The van der Waals surface area contributed by atoms with Crippen molar-refractivity contribution in [3.8, 4) is 0 Å². The number of nitrogens with zero attached hydrogens (tertiary/aromatic N) is 1. The molecular formula is C8H11Cl2NO. The molecule has 0 aromatic rings. The van der Waals surface area contributed by atoms with Crippen LogP contribution in [-0.2, 0) is 4.79 Å². The van der Waals surface area contributed by atoms with Gasteiger partial charge in [-0.2, -0.15) is 0 Å². The minimum atomic E-state index is 0.345. The largest absolute Gasteiger partial charge is 0.300 e. The van der Waals surface area contributed by atoms with Crippen molar-refractivity contribution in [3.63, 3.8) is 0 Å². The molecule has 0 aliphatic carbocycles. The Morgan fingerprint density at radius 3 is 2.58 bits per heavy atom. The zero-order valence-electron chi connectivity index (χ0n) is 6.72. The summed E-state index contributed by atoms with van der Waals surface area (Å²) in [6.07, 6.45) is 1.29. The summed E-state index contributed by atoms with van der Waals surface area (Å²) in [5, 5.41) is 0.631. The maximum absolute atomic E-state index is 10.9. The Kier molecular flexibility index (Phi) is 4.06. The van der Waals surface area contributed by atoms with Gasteiger partial charge in [0.2, 0.25) is 0 Å². The van der Waals surface area contributed by atoms with Crippen molar-refractivity contribution in [1.82, 2.24) is 4.90 Å². The highest BCUT2D eigenvalue weighted by Gasteiger charge is 2.15. The van der Waals surface area contributed by atoms with E-state index in [-0.39, 0.29) is 0 Å². The smallest absolute Gasteiger partial charge is 0.135 e. The van der Waals surface area contributed by atoms with E-state index in [4.69, 9.17) is 23.2 Å². The molecule has 4 heteroatoms. The number of hydrogen-bond acceptors (Lipinski definition) is 2. The Balaban J connectivity index is 2.31. The van der Waals surface area contributed by atoms with Crippen LogP contribution in [0.3, 0.4) is 0 Å². The maximum atomic E-state index is 10.9. The summed E-state index contributed by atoms with van der Waals surface area (Å²) in [4.78, 5) is 13.0. The number of Topliss-reactive ketones (excluding diaryl/α,β-unsaturated/α-hetero) is 1. The van der Waals surface area contributed by atoms with Gasteiger partial charge in [0.1, 0.15) is 5.78 Å². The molecule has 1 fully saturated rings. The fourth-order valence-electron chi connectivity index (χ4n) is 1.21. The van der Waals surface area contributed by atoms with Gasteiger partial charge < -0.3 is 0 Å². The molecule has 68 valence electrons. The van der Waals surface area contributed by atoms with Gasteiger partial charge >= 0.3 is 0 Å². The fraction of sp³-hybridized carbons (Fsp3) is 0.625. The van der Waals surface area contributed by atoms with E-state index in [0.29, 0.717) is 30.2 Å². The van der Waals surface area contributed by atoms with Gasteiger partial charge in [-0.1, -0.05) is 23.2 Å². The summed E-state index contributed by atoms with van der Waals surface area (Å²) >= 11 is 11.1. The number of ketones is 1. The zero-order valence-corrected chi connectivity index (χ0v) is 8.24. The minimum Gasteiger partial charge on any atom is -0.300 e. The van der Waals surface area contributed by atoms with Crippen molar-refractivity contribution >= 4 is 29.0 Å². The molecule has 0 spiro atoms. The number of carbonyl (C=O) groups is 1. The van der Waals surface area contributed by atoms with Crippen molar-refractivity contribution < 1.29 is 4.79 Å². The average Bonchev–Trinajstić information content (AvgIpc) is 2.09. The Labute approximate surface area is 82.1 Å². The molecule has 1 saturated heterocycles. The lowest BCUT2D eigenvalue weighted by Crippen LogP contribution is -2.34. The molecule has 0 radical (unpaired) electrons. The Hall–Kier alpha value is -0.0500. The van der Waals surface area contributed by atoms with Gasteiger partial charge in [-0.3, -0.25) is 9.69 Å². The molecule has 2 nitrogen and oxygen atoms in total. The van der Waals surface area contributed by atoms with Gasteiger partial charge in [-0.25, -0.2) is 0 Å². The Morgan fingerprint density at radius 2 is 2.08 bits per heavy atom. The van der Waals surface area contributed by atoms with Crippen LogP contribution in [0.5, 0.6) is 0 Å². The van der Waals surface area contributed by atoms with Crippen LogP contribution >= 0.6 is 23.2 Å². The average molecular weight is 208 g/mol. The second kappa shape index (κ2) is 4.85. The van der Waals surface area contributed by atoms with E-state index in [0.717, 1.165) is 13.1 Å². The quantitative estimate of drug-likeness (QED) is 0.691. The molecule has 0 amide bonds. The van der Waals surface area contributed by atoms with E-state index in [1.165, 1.54) is 5.54 Å². The first kappa shape index (κ1) is 10.0. The van der Waals surface area contributed by atoms with Gasteiger partial charge in [0.15, 0.2) is 0 Å².